The monoisotopic (exact) mass is 249 g/mol. The second-order valence-corrected chi connectivity index (χ2v) is 5.32. The van der Waals surface area contributed by atoms with Crippen molar-refractivity contribution in [2.24, 2.45) is 0 Å². The summed E-state index contributed by atoms with van der Waals surface area (Å²) in [6.45, 7) is 7.39. The molecule has 0 aliphatic rings. The number of rotatable bonds is 5. The summed E-state index contributed by atoms with van der Waals surface area (Å²) in [6.07, 6.45) is 4.00. The van der Waals surface area contributed by atoms with Crippen LogP contribution in [0, 0.1) is 6.92 Å². The van der Waals surface area contributed by atoms with E-state index in [1.54, 1.807) is 11.3 Å². The van der Waals surface area contributed by atoms with Gasteiger partial charge in [0.05, 0.1) is 12.2 Å². The first-order valence-electron chi connectivity index (χ1n) is 5.92. The molecule has 4 heteroatoms. The van der Waals surface area contributed by atoms with Gasteiger partial charge in [-0.15, -0.1) is 0 Å². The number of aromatic nitrogens is 2. The predicted molar refractivity (Wildman–Crippen MR) is 72.3 cm³/mol. The maximum Gasteiger partial charge on any atom is 0.0641 e. The van der Waals surface area contributed by atoms with Crippen LogP contribution < -0.4 is 5.32 Å². The molecule has 0 bridgehead atoms. The van der Waals surface area contributed by atoms with Crippen molar-refractivity contribution in [2.75, 3.05) is 0 Å². The third-order valence-corrected chi connectivity index (χ3v) is 3.81. The Kier molecular flexibility index (Phi) is 3.97. The summed E-state index contributed by atoms with van der Waals surface area (Å²) < 4.78 is 2.03. The smallest absolute Gasteiger partial charge is 0.0641 e. The lowest BCUT2D eigenvalue weighted by molar-refractivity contribution is 0.365. The zero-order valence-corrected chi connectivity index (χ0v) is 11.4. The van der Waals surface area contributed by atoms with Gasteiger partial charge in [0.1, 0.15) is 0 Å². The molecule has 17 heavy (non-hydrogen) atoms. The molecule has 2 aromatic heterocycles. The number of nitrogens with zero attached hydrogens (tertiary/aromatic N) is 2. The molecule has 0 aliphatic heterocycles. The van der Waals surface area contributed by atoms with Gasteiger partial charge in [-0.3, -0.25) is 4.68 Å². The largest absolute Gasteiger partial charge is 0.308 e. The number of hydrogen-bond acceptors (Lipinski definition) is 3. The van der Waals surface area contributed by atoms with E-state index in [0.29, 0.717) is 12.1 Å². The molecule has 2 unspecified atom stereocenters. The summed E-state index contributed by atoms with van der Waals surface area (Å²) in [4.78, 5) is 0. The summed E-state index contributed by atoms with van der Waals surface area (Å²) in [6, 6.07) is 2.92. The molecule has 0 amide bonds. The molecular formula is C13H19N3S. The number of nitrogens with one attached hydrogen (secondary N) is 1. The number of hydrogen-bond donors (Lipinski definition) is 1. The van der Waals surface area contributed by atoms with Crippen molar-refractivity contribution < 1.29 is 0 Å². The minimum absolute atomic E-state index is 0.363. The first kappa shape index (κ1) is 12.3. The van der Waals surface area contributed by atoms with E-state index in [1.165, 1.54) is 11.1 Å². The highest BCUT2D eigenvalue weighted by atomic mass is 32.1. The SMILES string of the molecule is Cc1cnn(C(C)C(C)NCc2ccsc2)c1. The van der Waals surface area contributed by atoms with Crippen LogP contribution in [0.1, 0.15) is 31.0 Å². The van der Waals surface area contributed by atoms with E-state index in [9.17, 15) is 0 Å². The first-order chi connectivity index (χ1) is 8.16. The van der Waals surface area contributed by atoms with E-state index in [4.69, 9.17) is 0 Å². The molecular weight excluding hydrogens is 230 g/mol. The molecule has 0 spiro atoms. The minimum Gasteiger partial charge on any atom is -0.308 e. The van der Waals surface area contributed by atoms with Crippen LogP contribution in [0.15, 0.2) is 29.2 Å². The topological polar surface area (TPSA) is 29.9 Å². The Balaban J connectivity index is 1.89. The summed E-state index contributed by atoms with van der Waals surface area (Å²) in [7, 11) is 0. The van der Waals surface area contributed by atoms with Gasteiger partial charge in [0.25, 0.3) is 0 Å². The molecule has 0 radical (unpaired) electrons. The second kappa shape index (κ2) is 5.47. The molecule has 0 saturated heterocycles. The summed E-state index contributed by atoms with van der Waals surface area (Å²) in [5.74, 6) is 0. The average Bonchev–Trinajstić information content (AvgIpc) is 2.95. The fourth-order valence-corrected chi connectivity index (χ4v) is 2.40. The average molecular weight is 249 g/mol. The summed E-state index contributed by atoms with van der Waals surface area (Å²) in [5.41, 5.74) is 2.56. The number of aryl methyl sites for hydroxylation is 1. The summed E-state index contributed by atoms with van der Waals surface area (Å²) in [5, 5.41) is 12.2. The van der Waals surface area contributed by atoms with Crippen molar-refractivity contribution in [1.29, 1.82) is 0 Å². The van der Waals surface area contributed by atoms with E-state index in [0.717, 1.165) is 6.54 Å². The van der Waals surface area contributed by atoms with Crippen molar-refractivity contribution >= 4 is 11.3 Å². The van der Waals surface area contributed by atoms with Gasteiger partial charge in [0.15, 0.2) is 0 Å². The molecule has 0 fully saturated rings. The Morgan fingerprint density at radius 3 is 2.88 bits per heavy atom. The van der Waals surface area contributed by atoms with Crippen LogP contribution in [0.25, 0.3) is 0 Å². The zero-order valence-electron chi connectivity index (χ0n) is 10.6. The van der Waals surface area contributed by atoms with Crippen LogP contribution in [0.5, 0.6) is 0 Å². The van der Waals surface area contributed by atoms with Crippen LogP contribution in [0.2, 0.25) is 0 Å². The predicted octanol–water partition coefficient (Wildman–Crippen LogP) is 2.99. The van der Waals surface area contributed by atoms with Crippen molar-refractivity contribution in [3.63, 3.8) is 0 Å². The highest BCUT2D eigenvalue weighted by Gasteiger charge is 2.13. The summed E-state index contributed by atoms with van der Waals surface area (Å²) >= 11 is 1.74. The molecule has 2 aromatic rings. The van der Waals surface area contributed by atoms with Gasteiger partial charge < -0.3 is 5.32 Å². The fourth-order valence-electron chi connectivity index (χ4n) is 1.73. The Morgan fingerprint density at radius 1 is 1.47 bits per heavy atom. The van der Waals surface area contributed by atoms with Gasteiger partial charge in [-0.2, -0.15) is 16.4 Å². The minimum atomic E-state index is 0.363. The van der Waals surface area contributed by atoms with Gasteiger partial charge >= 0.3 is 0 Å². The third kappa shape index (κ3) is 3.17. The lowest BCUT2D eigenvalue weighted by atomic mass is 10.1. The molecule has 2 atom stereocenters. The van der Waals surface area contributed by atoms with Gasteiger partial charge in [0.2, 0.25) is 0 Å². The van der Waals surface area contributed by atoms with Gasteiger partial charge in [-0.05, 0) is 48.7 Å². The second-order valence-electron chi connectivity index (χ2n) is 4.54. The maximum absolute atomic E-state index is 4.36. The fraction of sp³-hybridized carbons (Fsp3) is 0.462. The Bertz CT molecular complexity index is 447. The van der Waals surface area contributed by atoms with E-state index in [1.807, 2.05) is 10.9 Å². The molecule has 3 nitrogen and oxygen atoms in total. The van der Waals surface area contributed by atoms with E-state index < -0.39 is 0 Å². The molecule has 2 rings (SSSR count). The van der Waals surface area contributed by atoms with Crippen molar-refractivity contribution in [3.8, 4) is 0 Å². The van der Waals surface area contributed by atoms with Crippen LogP contribution >= 0.6 is 11.3 Å². The Hall–Kier alpha value is -1.13. The zero-order chi connectivity index (χ0) is 12.3. The standard InChI is InChI=1S/C13H19N3S/c1-10-6-15-16(8-10)12(3)11(2)14-7-13-4-5-17-9-13/h4-6,8-9,11-12,14H,7H2,1-3H3. The molecule has 92 valence electrons. The van der Waals surface area contributed by atoms with Crippen molar-refractivity contribution in [3.05, 3.63) is 40.3 Å². The van der Waals surface area contributed by atoms with Crippen LogP contribution in [-0.2, 0) is 6.54 Å². The van der Waals surface area contributed by atoms with Gasteiger partial charge in [-0.1, -0.05) is 0 Å². The van der Waals surface area contributed by atoms with Crippen LogP contribution in [0.4, 0.5) is 0 Å². The Labute approximate surface area is 106 Å². The lowest BCUT2D eigenvalue weighted by Gasteiger charge is -2.21. The van der Waals surface area contributed by atoms with Crippen LogP contribution in [0.3, 0.4) is 0 Å². The van der Waals surface area contributed by atoms with E-state index >= 15 is 0 Å². The normalized spacial score (nSPS) is 14.8. The quantitative estimate of drug-likeness (QED) is 0.883. The van der Waals surface area contributed by atoms with Crippen LogP contribution in [-0.4, -0.2) is 15.8 Å². The van der Waals surface area contributed by atoms with Gasteiger partial charge in [0, 0.05) is 18.8 Å². The molecule has 2 heterocycles. The first-order valence-corrected chi connectivity index (χ1v) is 6.86. The highest BCUT2D eigenvalue weighted by molar-refractivity contribution is 7.07. The molecule has 0 saturated carbocycles. The molecule has 0 aromatic carbocycles. The lowest BCUT2D eigenvalue weighted by Crippen LogP contribution is -2.33. The molecule has 0 aliphatic carbocycles. The number of thiophene rings is 1. The maximum atomic E-state index is 4.36. The third-order valence-electron chi connectivity index (χ3n) is 3.08. The Morgan fingerprint density at radius 2 is 2.29 bits per heavy atom. The van der Waals surface area contributed by atoms with Gasteiger partial charge in [-0.25, -0.2) is 0 Å². The van der Waals surface area contributed by atoms with E-state index in [2.05, 4.69) is 54.2 Å². The highest BCUT2D eigenvalue weighted by Crippen LogP contribution is 2.12. The van der Waals surface area contributed by atoms with Crippen molar-refractivity contribution in [2.45, 2.75) is 39.4 Å². The van der Waals surface area contributed by atoms with E-state index in [-0.39, 0.29) is 0 Å². The molecule has 1 N–H and O–H groups in total. The van der Waals surface area contributed by atoms with Crippen molar-refractivity contribution in [1.82, 2.24) is 15.1 Å².